The van der Waals surface area contributed by atoms with Crippen LogP contribution in [0.4, 0.5) is 13.2 Å². The number of ether oxygens (including phenoxy) is 2. The van der Waals surface area contributed by atoms with Gasteiger partial charge in [0.15, 0.2) is 18.5 Å². The fraction of sp³-hybridized carbons (Fsp3) is 0.273. The molecule has 1 aromatic carbocycles. The van der Waals surface area contributed by atoms with Crippen molar-refractivity contribution in [1.82, 2.24) is 15.6 Å². The van der Waals surface area contributed by atoms with Gasteiger partial charge in [0.05, 0.1) is 18.2 Å². The van der Waals surface area contributed by atoms with E-state index in [1.54, 1.807) is 6.07 Å². The summed E-state index contributed by atoms with van der Waals surface area (Å²) in [4.78, 5) is 39.7. The Kier molecular flexibility index (Phi) is 7.77. The number of alkyl halides is 3. The van der Waals surface area contributed by atoms with Crippen LogP contribution in [0.2, 0.25) is 5.02 Å². The number of halogens is 4. The monoisotopic (exact) mass is 497 g/mol. The van der Waals surface area contributed by atoms with Crippen LogP contribution in [-0.4, -0.2) is 41.8 Å². The van der Waals surface area contributed by atoms with E-state index in [9.17, 15) is 27.6 Å². The van der Waals surface area contributed by atoms with Gasteiger partial charge in [-0.05, 0) is 30.3 Å². The molecule has 0 radical (unpaired) electrons. The molecular weight excluding hydrogens is 479 g/mol. The molecule has 34 heavy (non-hydrogen) atoms. The van der Waals surface area contributed by atoms with Crippen molar-refractivity contribution < 1.29 is 37.0 Å². The van der Waals surface area contributed by atoms with Crippen molar-refractivity contribution in [1.29, 1.82) is 0 Å². The minimum atomic E-state index is -4.56. The van der Waals surface area contributed by atoms with Gasteiger partial charge in [0.2, 0.25) is 0 Å². The first-order chi connectivity index (χ1) is 16.0. The molecular formula is C22H19ClF3N3O5. The zero-order valence-electron chi connectivity index (χ0n) is 17.6. The van der Waals surface area contributed by atoms with Crippen LogP contribution >= 0.6 is 11.6 Å². The van der Waals surface area contributed by atoms with Crippen LogP contribution in [0, 0.1) is 0 Å². The molecule has 0 saturated carbocycles. The number of benzene rings is 1. The average Bonchev–Trinajstić information content (AvgIpc) is 2.77. The molecule has 0 aliphatic carbocycles. The van der Waals surface area contributed by atoms with Crippen molar-refractivity contribution in [3.05, 3.63) is 65.1 Å². The lowest BCUT2D eigenvalue weighted by molar-refractivity contribution is -0.141. The number of amides is 2. The number of carbonyl (C=O) groups is 3. The van der Waals surface area contributed by atoms with E-state index >= 15 is 0 Å². The summed E-state index contributed by atoms with van der Waals surface area (Å²) in [6.45, 7) is 3.38. The number of hydrogen-bond donors (Lipinski definition) is 2. The van der Waals surface area contributed by atoms with Gasteiger partial charge >= 0.3 is 6.18 Å². The fourth-order valence-corrected chi connectivity index (χ4v) is 3.12. The Bertz CT molecular complexity index is 1110. The summed E-state index contributed by atoms with van der Waals surface area (Å²) >= 11 is 5.88. The molecule has 180 valence electrons. The summed E-state index contributed by atoms with van der Waals surface area (Å²) in [5.74, 6) is -1.09. The van der Waals surface area contributed by atoms with E-state index in [0.717, 1.165) is 18.3 Å². The number of hydrogen-bond acceptors (Lipinski definition) is 6. The number of rotatable bonds is 8. The molecule has 0 saturated heterocycles. The second kappa shape index (κ2) is 10.6. The molecule has 2 N–H and O–H groups in total. The van der Waals surface area contributed by atoms with E-state index in [1.807, 2.05) is 0 Å². The summed E-state index contributed by atoms with van der Waals surface area (Å²) in [6.07, 6.45) is -4.69. The zero-order valence-corrected chi connectivity index (χ0v) is 18.3. The van der Waals surface area contributed by atoms with Crippen molar-refractivity contribution in [3.8, 4) is 11.5 Å². The third kappa shape index (κ3) is 6.70. The number of Topliss-reactive ketones (excluding diaryl/α,β-unsaturated/α-hetero) is 1. The van der Waals surface area contributed by atoms with Gasteiger partial charge in [-0.1, -0.05) is 18.2 Å². The Morgan fingerprint density at radius 1 is 1.26 bits per heavy atom. The maximum atomic E-state index is 12.5. The largest absolute Gasteiger partial charge is 0.482 e. The van der Waals surface area contributed by atoms with Crippen LogP contribution in [0.15, 0.2) is 48.8 Å². The van der Waals surface area contributed by atoms with Crippen molar-refractivity contribution >= 4 is 29.2 Å². The molecule has 8 nitrogen and oxygen atoms in total. The van der Waals surface area contributed by atoms with E-state index in [4.69, 9.17) is 21.1 Å². The van der Waals surface area contributed by atoms with E-state index in [2.05, 4.69) is 22.2 Å². The molecule has 12 heteroatoms. The van der Waals surface area contributed by atoms with Crippen LogP contribution in [0.5, 0.6) is 11.5 Å². The van der Waals surface area contributed by atoms with Gasteiger partial charge in [-0.15, -0.1) is 0 Å². The highest BCUT2D eigenvalue weighted by Gasteiger charge is 2.33. The number of carbonyl (C=O) groups excluding carboxylic acids is 3. The number of nitrogens with one attached hydrogen (secondary N) is 2. The first kappa shape index (κ1) is 25.0. The Morgan fingerprint density at radius 2 is 2.03 bits per heavy atom. The zero-order chi connectivity index (χ0) is 24.9. The predicted molar refractivity (Wildman–Crippen MR) is 114 cm³/mol. The molecule has 0 fully saturated rings. The summed E-state index contributed by atoms with van der Waals surface area (Å²) in [5, 5.41) is 5.45. The first-order valence-electron chi connectivity index (χ1n) is 9.93. The third-order valence-electron chi connectivity index (χ3n) is 4.62. The topological polar surface area (TPSA) is 107 Å². The minimum absolute atomic E-state index is 0.00528. The van der Waals surface area contributed by atoms with Crippen molar-refractivity contribution in [2.24, 2.45) is 0 Å². The van der Waals surface area contributed by atoms with Crippen LogP contribution in [-0.2, 0) is 15.8 Å². The molecule has 3 rings (SSSR count). The fourth-order valence-electron chi connectivity index (χ4n) is 2.95. The maximum Gasteiger partial charge on any atom is 0.433 e. The van der Waals surface area contributed by atoms with E-state index in [-0.39, 0.29) is 42.4 Å². The van der Waals surface area contributed by atoms with Gasteiger partial charge in [-0.25, -0.2) is 4.98 Å². The number of nitrogens with zero attached hydrogens (tertiary/aromatic N) is 1. The van der Waals surface area contributed by atoms with Gasteiger partial charge in [0, 0.05) is 23.7 Å². The van der Waals surface area contributed by atoms with Crippen LogP contribution < -0.4 is 20.1 Å². The van der Waals surface area contributed by atoms with Crippen molar-refractivity contribution in [2.75, 3.05) is 13.2 Å². The van der Waals surface area contributed by atoms with Crippen molar-refractivity contribution in [3.63, 3.8) is 0 Å². The molecule has 1 atom stereocenters. The summed E-state index contributed by atoms with van der Waals surface area (Å²) in [7, 11) is 0. The highest BCUT2D eigenvalue weighted by molar-refractivity contribution is 6.31. The van der Waals surface area contributed by atoms with E-state index in [1.165, 1.54) is 12.1 Å². The van der Waals surface area contributed by atoms with Crippen LogP contribution in [0.1, 0.15) is 28.9 Å². The number of ketones is 1. The Labute approximate surface area is 197 Å². The van der Waals surface area contributed by atoms with E-state index in [0.29, 0.717) is 10.6 Å². The van der Waals surface area contributed by atoms with Crippen molar-refractivity contribution in [2.45, 2.75) is 25.1 Å². The second-order valence-electron chi connectivity index (χ2n) is 7.23. The Balaban J connectivity index is 1.38. The molecule has 1 aliphatic heterocycles. The predicted octanol–water partition coefficient (Wildman–Crippen LogP) is 3.30. The van der Waals surface area contributed by atoms with Gasteiger partial charge in [-0.3, -0.25) is 14.4 Å². The highest BCUT2D eigenvalue weighted by atomic mass is 35.5. The molecule has 1 aromatic heterocycles. The van der Waals surface area contributed by atoms with Gasteiger partial charge in [0.1, 0.15) is 17.2 Å². The lowest BCUT2D eigenvalue weighted by atomic mass is 10.0. The minimum Gasteiger partial charge on any atom is -0.482 e. The molecule has 0 spiro atoms. The maximum absolute atomic E-state index is 12.5. The number of pyridine rings is 1. The number of fused-ring (bicyclic) bond motifs is 1. The summed E-state index contributed by atoms with van der Waals surface area (Å²) in [6, 6.07) is 6.35. The van der Waals surface area contributed by atoms with Gasteiger partial charge < -0.3 is 20.1 Å². The molecule has 0 bridgehead atoms. The first-order valence-corrected chi connectivity index (χ1v) is 10.3. The Hall–Kier alpha value is -3.60. The summed E-state index contributed by atoms with van der Waals surface area (Å²) < 4.78 is 48.1. The molecule has 0 unspecified atom stereocenters. The number of aromatic nitrogens is 1. The lowest BCUT2D eigenvalue weighted by Gasteiger charge is -2.24. The molecule has 1 aliphatic rings. The quantitative estimate of drug-likeness (QED) is 0.579. The van der Waals surface area contributed by atoms with Gasteiger partial charge in [0.25, 0.3) is 11.8 Å². The smallest absolute Gasteiger partial charge is 0.433 e. The highest BCUT2D eigenvalue weighted by Crippen LogP contribution is 2.30. The third-order valence-corrected chi connectivity index (χ3v) is 4.86. The molecule has 2 amide bonds. The Morgan fingerprint density at radius 3 is 2.71 bits per heavy atom. The normalized spacial score (nSPS) is 15.1. The average molecular weight is 498 g/mol. The second-order valence-corrected chi connectivity index (χ2v) is 7.67. The van der Waals surface area contributed by atoms with Crippen LogP contribution in [0.25, 0.3) is 0 Å². The summed E-state index contributed by atoms with van der Waals surface area (Å²) in [5.41, 5.74) is -0.468. The SMILES string of the molecule is C=C(CCNC(=O)COc1ccc(C(F)(F)F)nc1)NC(=O)[C@@H]1CC(=O)c2cc(Cl)ccc2O1. The standard InChI is InChI=1S/C22H19ClF3N3O5/c1-12(29-21(32)18-9-16(30)15-8-13(23)2-4-17(15)34-18)6-7-27-20(31)11-33-14-3-5-19(28-10-14)22(24,25)26/h2-5,8,10,18H,1,6-7,9,11H2,(H,27,31)(H,29,32)/t18-/m0/s1. The van der Waals surface area contributed by atoms with Crippen LogP contribution in [0.3, 0.4) is 0 Å². The molecule has 2 heterocycles. The molecule has 2 aromatic rings. The lowest BCUT2D eigenvalue weighted by Crippen LogP contribution is -2.42. The van der Waals surface area contributed by atoms with Gasteiger partial charge in [-0.2, -0.15) is 13.2 Å². The van der Waals surface area contributed by atoms with E-state index < -0.39 is 36.4 Å².